The highest BCUT2D eigenvalue weighted by molar-refractivity contribution is 5.79. The Labute approximate surface area is 115 Å². The SMILES string of the molecule is C[C@H](OC(=O)C(C)(C)C#N)c1ccc(OC(F)F)cc1. The van der Waals surface area contributed by atoms with Gasteiger partial charge in [-0.3, -0.25) is 4.79 Å². The average Bonchev–Trinajstić information content (AvgIpc) is 2.38. The highest BCUT2D eigenvalue weighted by atomic mass is 19.3. The highest BCUT2D eigenvalue weighted by Gasteiger charge is 2.30. The Bertz CT molecular complexity index is 506. The maximum atomic E-state index is 12.0. The third-order valence-electron chi connectivity index (χ3n) is 2.65. The minimum atomic E-state index is -2.88. The molecule has 0 saturated carbocycles. The zero-order valence-electron chi connectivity index (χ0n) is 11.4. The van der Waals surface area contributed by atoms with E-state index in [9.17, 15) is 13.6 Å². The number of nitrogens with zero attached hydrogens (tertiary/aromatic N) is 1. The molecule has 0 aliphatic heterocycles. The summed E-state index contributed by atoms with van der Waals surface area (Å²) in [4.78, 5) is 11.7. The molecule has 0 unspecified atom stereocenters. The third kappa shape index (κ3) is 4.19. The van der Waals surface area contributed by atoms with Gasteiger partial charge in [0, 0.05) is 0 Å². The van der Waals surface area contributed by atoms with E-state index in [1.54, 1.807) is 6.92 Å². The van der Waals surface area contributed by atoms with Crippen molar-refractivity contribution >= 4 is 5.97 Å². The summed E-state index contributed by atoms with van der Waals surface area (Å²) >= 11 is 0. The molecule has 1 rings (SSSR count). The molecule has 0 aromatic heterocycles. The van der Waals surface area contributed by atoms with Crippen molar-refractivity contribution in [3.05, 3.63) is 29.8 Å². The molecule has 1 aromatic rings. The number of nitriles is 1. The molecule has 0 bridgehead atoms. The van der Waals surface area contributed by atoms with Crippen LogP contribution in [-0.4, -0.2) is 12.6 Å². The molecule has 1 aromatic carbocycles. The maximum Gasteiger partial charge on any atom is 0.387 e. The molecule has 0 N–H and O–H groups in total. The van der Waals surface area contributed by atoms with Crippen molar-refractivity contribution in [2.45, 2.75) is 33.5 Å². The van der Waals surface area contributed by atoms with Gasteiger partial charge in [0.05, 0.1) is 6.07 Å². The van der Waals surface area contributed by atoms with Gasteiger partial charge in [-0.1, -0.05) is 12.1 Å². The summed E-state index contributed by atoms with van der Waals surface area (Å²) in [6, 6.07) is 7.62. The van der Waals surface area contributed by atoms with E-state index in [4.69, 9.17) is 10.00 Å². The predicted octanol–water partition coefficient (Wildman–Crippen LogP) is 3.44. The van der Waals surface area contributed by atoms with Gasteiger partial charge in [-0.15, -0.1) is 0 Å². The molecule has 0 aliphatic rings. The molecule has 0 radical (unpaired) electrons. The van der Waals surface area contributed by atoms with Crippen molar-refractivity contribution in [3.8, 4) is 11.8 Å². The van der Waals surface area contributed by atoms with Crippen LogP contribution in [0.25, 0.3) is 0 Å². The summed E-state index contributed by atoms with van der Waals surface area (Å²) in [5, 5.41) is 8.83. The second-order valence-electron chi connectivity index (χ2n) is 4.73. The molecule has 0 spiro atoms. The van der Waals surface area contributed by atoms with Crippen LogP contribution >= 0.6 is 0 Å². The van der Waals surface area contributed by atoms with Crippen LogP contribution in [0.1, 0.15) is 32.4 Å². The first-order valence-corrected chi connectivity index (χ1v) is 5.93. The standard InChI is InChI=1S/C14H15F2NO3/c1-9(19-12(18)14(2,3)8-17)10-4-6-11(7-5-10)20-13(15)16/h4-7,9,13H,1-3H3/t9-/m0/s1. The Hall–Kier alpha value is -2.16. The monoisotopic (exact) mass is 283 g/mol. The summed E-state index contributed by atoms with van der Waals surface area (Å²) in [6.07, 6.45) is -0.587. The highest BCUT2D eigenvalue weighted by Crippen LogP contribution is 2.25. The molecular weight excluding hydrogens is 268 g/mol. The second-order valence-corrected chi connectivity index (χ2v) is 4.73. The van der Waals surface area contributed by atoms with Crippen molar-refractivity contribution in [3.63, 3.8) is 0 Å². The number of esters is 1. The zero-order valence-corrected chi connectivity index (χ0v) is 11.4. The number of carbonyl (C=O) groups is 1. The predicted molar refractivity (Wildman–Crippen MR) is 67.0 cm³/mol. The molecule has 20 heavy (non-hydrogen) atoms. The van der Waals surface area contributed by atoms with Crippen LogP contribution in [0.5, 0.6) is 5.75 Å². The van der Waals surface area contributed by atoms with Crippen LogP contribution in [0.2, 0.25) is 0 Å². The van der Waals surface area contributed by atoms with Gasteiger partial charge in [0.15, 0.2) is 0 Å². The molecule has 0 fully saturated rings. The van der Waals surface area contributed by atoms with Gasteiger partial charge in [0.2, 0.25) is 0 Å². The van der Waals surface area contributed by atoms with Gasteiger partial charge < -0.3 is 9.47 Å². The molecule has 0 heterocycles. The van der Waals surface area contributed by atoms with Gasteiger partial charge in [-0.2, -0.15) is 14.0 Å². The number of hydrogen-bond acceptors (Lipinski definition) is 4. The van der Waals surface area contributed by atoms with Gasteiger partial charge in [0.25, 0.3) is 0 Å². The Balaban J connectivity index is 2.71. The van der Waals surface area contributed by atoms with Crippen LogP contribution in [-0.2, 0) is 9.53 Å². The summed E-state index contributed by atoms with van der Waals surface area (Å²) in [7, 11) is 0. The summed E-state index contributed by atoms with van der Waals surface area (Å²) in [6.45, 7) is 1.67. The number of hydrogen-bond donors (Lipinski definition) is 0. The summed E-state index contributed by atoms with van der Waals surface area (Å²) in [5.74, 6) is -0.611. The molecule has 4 nitrogen and oxygen atoms in total. The van der Waals surface area contributed by atoms with E-state index in [2.05, 4.69) is 4.74 Å². The van der Waals surface area contributed by atoms with Crippen molar-refractivity contribution in [1.82, 2.24) is 0 Å². The fourth-order valence-electron chi connectivity index (χ4n) is 1.34. The van der Waals surface area contributed by atoms with Crippen LogP contribution in [0.15, 0.2) is 24.3 Å². The van der Waals surface area contributed by atoms with E-state index in [1.807, 2.05) is 6.07 Å². The first kappa shape index (κ1) is 15.9. The minimum Gasteiger partial charge on any atom is -0.457 e. The molecule has 0 aliphatic carbocycles. The number of ether oxygens (including phenoxy) is 2. The van der Waals surface area contributed by atoms with Gasteiger partial charge in [-0.05, 0) is 38.5 Å². The number of halogens is 2. The lowest BCUT2D eigenvalue weighted by Gasteiger charge is -2.19. The summed E-state index contributed by atoms with van der Waals surface area (Å²) in [5.41, 5.74) is -0.610. The minimum absolute atomic E-state index is 0.0274. The van der Waals surface area contributed by atoms with Gasteiger partial charge >= 0.3 is 12.6 Å². The van der Waals surface area contributed by atoms with Crippen LogP contribution in [0.4, 0.5) is 8.78 Å². The number of rotatable bonds is 5. The lowest BCUT2D eigenvalue weighted by atomic mass is 9.96. The molecule has 1 atom stereocenters. The first-order valence-electron chi connectivity index (χ1n) is 5.93. The van der Waals surface area contributed by atoms with E-state index in [-0.39, 0.29) is 5.75 Å². The van der Waals surface area contributed by atoms with E-state index in [0.29, 0.717) is 5.56 Å². The van der Waals surface area contributed by atoms with Crippen LogP contribution in [0, 0.1) is 16.7 Å². The quantitative estimate of drug-likeness (QED) is 0.777. The Morgan fingerprint density at radius 1 is 1.30 bits per heavy atom. The average molecular weight is 283 g/mol. The molecular formula is C14H15F2NO3. The normalized spacial score (nSPS) is 12.7. The number of benzene rings is 1. The van der Waals surface area contributed by atoms with E-state index in [1.165, 1.54) is 38.1 Å². The van der Waals surface area contributed by atoms with Gasteiger partial charge in [0.1, 0.15) is 17.3 Å². The van der Waals surface area contributed by atoms with Crippen molar-refractivity contribution < 1.29 is 23.0 Å². The van der Waals surface area contributed by atoms with Gasteiger partial charge in [-0.25, -0.2) is 0 Å². The Morgan fingerprint density at radius 2 is 1.85 bits per heavy atom. The maximum absolute atomic E-state index is 12.0. The van der Waals surface area contributed by atoms with E-state index in [0.717, 1.165) is 0 Å². The van der Waals surface area contributed by atoms with E-state index >= 15 is 0 Å². The molecule has 0 saturated heterocycles. The smallest absolute Gasteiger partial charge is 0.387 e. The van der Waals surface area contributed by atoms with Crippen molar-refractivity contribution in [2.75, 3.05) is 0 Å². The fraction of sp³-hybridized carbons (Fsp3) is 0.429. The topological polar surface area (TPSA) is 59.3 Å². The molecule has 6 heteroatoms. The lowest BCUT2D eigenvalue weighted by molar-refractivity contribution is -0.156. The summed E-state index contributed by atoms with van der Waals surface area (Å²) < 4.78 is 33.4. The number of carbonyl (C=O) groups excluding carboxylic acids is 1. The molecule has 0 amide bonds. The van der Waals surface area contributed by atoms with Crippen molar-refractivity contribution in [2.24, 2.45) is 5.41 Å². The lowest BCUT2D eigenvalue weighted by Crippen LogP contribution is -2.25. The zero-order chi connectivity index (χ0) is 15.3. The Morgan fingerprint density at radius 3 is 2.30 bits per heavy atom. The molecule has 108 valence electrons. The third-order valence-corrected chi connectivity index (χ3v) is 2.65. The van der Waals surface area contributed by atoms with Crippen LogP contribution < -0.4 is 4.74 Å². The second kappa shape index (κ2) is 6.33. The Kier molecular flexibility index (Phi) is 5.03. The van der Waals surface area contributed by atoms with Crippen molar-refractivity contribution in [1.29, 1.82) is 5.26 Å². The first-order chi connectivity index (χ1) is 9.26. The van der Waals surface area contributed by atoms with E-state index < -0.39 is 24.1 Å². The number of alkyl halides is 2. The van der Waals surface area contributed by atoms with Crippen LogP contribution in [0.3, 0.4) is 0 Å². The fourth-order valence-corrected chi connectivity index (χ4v) is 1.34. The largest absolute Gasteiger partial charge is 0.457 e.